The van der Waals surface area contributed by atoms with Crippen molar-refractivity contribution in [1.29, 1.82) is 0 Å². The third-order valence-corrected chi connectivity index (χ3v) is 4.48. The molecule has 1 N–H and O–H groups in total. The van der Waals surface area contributed by atoms with Gasteiger partial charge in [-0.05, 0) is 24.3 Å². The van der Waals surface area contributed by atoms with Crippen molar-refractivity contribution in [2.75, 3.05) is 11.9 Å². The summed E-state index contributed by atoms with van der Waals surface area (Å²) in [5, 5.41) is 6.93. The summed E-state index contributed by atoms with van der Waals surface area (Å²) >= 11 is 0. The predicted molar refractivity (Wildman–Crippen MR) is 114 cm³/mol. The van der Waals surface area contributed by atoms with E-state index in [0.717, 1.165) is 11.3 Å². The number of rotatable bonds is 6. The molecule has 0 radical (unpaired) electrons. The summed E-state index contributed by atoms with van der Waals surface area (Å²) < 4.78 is 20.5. The summed E-state index contributed by atoms with van der Waals surface area (Å²) in [5.41, 5.74) is 2.18. The van der Waals surface area contributed by atoms with E-state index in [0.29, 0.717) is 5.69 Å². The molecule has 0 unspecified atom stereocenters. The first-order chi connectivity index (χ1) is 15.1. The minimum Gasteiger partial charge on any atom is -0.452 e. The van der Waals surface area contributed by atoms with Crippen LogP contribution in [0.3, 0.4) is 0 Å². The van der Waals surface area contributed by atoms with Crippen LogP contribution in [-0.2, 0) is 9.53 Å². The molecule has 0 saturated carbocycles. The minimum absolute atomic E-state index is 0.0189. The Balaban J connectivity index is 1.55. The maximum absolute atomic E-state index is 13.7. The highest BCUT2D eigenvalue weighted by Crippen LogP contribution is 2.24. The van der Waals surface area contributed by atoms with Gasteiger partial charge in [-0.15, -0.1) is 0 Å². The Morgan fingerprint density at radius 1 is 0.903 bits per heavy atom. The number of halogens is 1. The molecule has 0 saturated heterocycles. The molecule has 0 atom stereocenters. The minimum atomic E-state index is -0.704. The van der Waals surface area contributed by atoms with Gasteiger partial charge in [0.1, 0.15) is 17.1 Å². The molecule has 1 heterocycles. The van der Waals surface area contributed by atoms with Crippen LogP contribution in [0.4, 0.5) is 10.1 Å². The first-order valence-corrected chi connectivity index (χ1v) is 9.54. The monoisotopic (exact) mass is 415 g/mol. The van der Waals surface area contributed by atoms with Crippen molar-refractivity contribution in [3.05, 3.63) is 103 Å². The van der Waals surface area contributed by atoms with Crippen LogP contribution in [0.1, 0.15) is 10.4 Å². The average molecular weight is 415 g/mol. The molecule has 4 aromatic rings. The first-order valence-electron chi connectivity index (χ1n) is 9.54. The van der Waals surface area contributed by atoms with Gasteiger partial charge in [-0.1, -0.05) is 60.7 Å². The highest BCUT2D eigenvalue weighted by molar-refractivity contribution is 5.98. The molecule has 4 rings (SSSR count). The lowest BCUT2D eigenvalue weighted by Crippen LogP contribution is -2.21. The van der Waals surface area contributed by atoms with Crippen LogP contribution in [0.25, 0.3) is 16.9 Å². The summed E-state index contributed by atoms with van der Waals surface area (Å²) in [6.45, 7) is -0.558. The van der Waals surface area contributed by atoms with Gasteiger partial charge in [-0.25, -0.2) is 13.9 Å². The van der Waals surface area contributed by atoms with Gasteiger partial charge in [0, 0.05) is 11.8 Å². The Bertz CT molecular complexity index is 1210. The number of ether oxygens (including phenoxy) is 1. The zero-order valence-electron chi connectivity index (χ0n) is 16.4. The summed E-state index contributed by atoms with van der Waals surface area (Å²) in [6, 6.07) is 24.3. The van der Waals surface area contributed by atoms with E-state index in [2.05, 4.69) is 10.4 Å². The third-order valence-electron chi connectivity index (χ3n) is 4.48. The van der Waals surface area contributed by atoms with E-state index in [9.17, 15) is 14.0 Å². The van der Waals surface area contributed by atoms with Crippen LogP contribution < -0.4 is 5.32 Å². The zero-order valence-corrected chi connectivity index (χ0v) is 16.4. The first kappa shape index (κ1) is 20.0. The molecule has 0 aliphatic rings. The van der Waals surface area contributed by atoms with Gasteiger partial charge in [-0.3, -0.25) is 4.79 Å². The maximum atomic E-state index is 13.7. The van der Waals surface area contributed by atoms with Crippen LogP contribution in [-0.4, -0.2) is 28.3 Å². The second-order valence-corrected chi connectivity index (χ2v) is 6.64. The molecule has 154 valence electrons. The number of hydrogen-bond acceptors (Lipinski definition) is 4. The van der Waals surface area contributed by atoms with E-state index < -0.39 is 24.3 Å². The Labute approximate surface area is 177 Å². The van der Waals surface area contributed by atoms with E-state index in [1.165, 1.54) is 18.2 Å². The highest BCUT2D eigenvalue weighted by atomic mass is 19.1. The molecule has 6 nitrogen and oxygen atoms in total. The fourth-order valence-corrected chi connectivity index (χ4v) is 3.00. The lowest BCUT2D eigenvalue weighted by Gasteiger charge is -2.07. The Morgan fingerprint density at radius 2 is 1.55 bits per heavy atom. The normalized spacial score (nSPS) is 10.5. The zero-order chi connectivity index (χ0) is 21.6. The number of para-hydroxylation sites is 2. The van der Waals surface area contributed by atoms with Crippen LogP contribution in [0, 0.1) is 5.82 Å². The molecular formula is C24H18FN3O3. The summed E-state index contributed by atoms with van der Waals surface area (Å²) in [6.07, 6.45) is 1.56. The smallest absolute Gasteiger partial charge is 0.342 e. The lowest BCUT2D eigenvalue weighted by molar-refractivity contribution is -0.119. The second kappa shape index (κ2) is 9.04. The second-order valence-electron chi connectivity index (χ2n) is 6.64. The summed E-state index contributed by atoms with van der Waals surface area (Å²) in [7, 11) is 0. The average Bonchev–Trinajstić information content (AvgIpc) is 3.26. The van der Waals surface area contributed by atoms with Gasteiger partial charge < -0.3 is 10.1 Å². The molecule has 3 aromatic carbocycles. The number of amides is 1. The molecule has 0 aliphatic carbocycles. The topological polar surface area (TPSA) is 73.2 Å². The number of carbonyl (C=O) groups excluding carboxylic acids is 2. The Kier molecular flexibility index (Phi) is 5.84. The quantitative estimate of drug-likeness (QED) is 0.472. The van der Waals surface area contributed by atoms with Crippen LogP contribution >= 0.6 is 0 Å². The van der Waals surface area contributed by atoms with Gasteiger partial charge >= 0.3 is 5.97 Å². The SMILES string of the molecule is O=C(COC(=O)c1cn(-c2ccccc2)nc1-c1ccccc1)Nc1ccccc1F. The number of benzene rings is 3. The highest BCUT2D eigenvalue weighted by Gasteiger charge is 2.21. The molecule has 0 spiro atoms. The summed E-state index contributed by atoms with van der Waals surface area (Å²) in [5.74, 6) is -1.92. The number of anilines is 1. The fraction of sp³-hybridized carbons (Fsp3) is 0.0417. The molecule has 1 aromatic heterocycles. The maximum Gasteiger partial charge on any atom is 0.342 e. The molecule has 0 bridgehead atoms. The number of carbonyl (C=O) groups is 2. The van der Waals surface area contributed by atoms with Gasteiger partial charge in [0.05, 0.1) is 11.4 Å². The number of hydrogen-bond donors (Lipinski definition) is 1. The standard InChI is InChI=1S/C24H18FN3O3/c25-20-13-7-8-14-21(20)26-22(29)16-31-24(30)19-15-28(18-11-5-2-6-12-18)27-23(19)17-9-3-1-4-10-17/h1-15H,16H2,(H,26,29). The molecule has 1 amide bonds. The van der Waals surface area contributed by atoms with Crippen LogP contribution in [0.15, 0.2) is 91.1 Å². The molecule has 0 aliphatic heterocycles. The molecule has 0 fully saturated rings. The molecular weight excluding hydrogens is 397 g/mol. The molecule has 7 heteroatoms. The van der Waals surface area contributed by atoms with E-state index >= 15 is 0 Å². The largest absolute Gasteiger partial charge is 0.452 e. The van der Waals surface area contributed by atoms with Crippen molar-refractivity contribution in [3.63, 3.8) is 0 Å². The predicted octanol–water partition coefficient (Wildman–Crippen LogP) is 4.47. The van der Waals surface area contributed by atoms with E-state index in [1.54, 1.807) is 16.9 Å². The Hall–Kier alpha value is -4.26. The van der Waals surface area contributed by atoms with E-state index in [1.807, 2.05) is 60.7 Å². The van der Waals surface area contributed by atoms with Crippen molar-refractivity contribution in [3.8, 4) is 16.9 Å². The van der Waals surface area contributed by atoms with E-state index in [4.69, 9.17) is 4.74 Å². The molecule has 31 heavy (non-hydrogen) atoms. The Morgan fingerprint density at radius 3 is 2.26 bits per heavy atom. The van der Waals surface area contributed by atoms with E-state index in [-0.39, 0.29) is 11.3 Å². The van der Waals surface area contributed by atoms with Gasteiger partial charge in [-0.2, -0.15) is 5.10 Å². The van der Waals surface area contributed by atoms with Crippen LogP contribution in [0.2, 0.25) is 0 Å². The van der Waals surface area contributed by atoms with Crippen molar-refractivity contribution >= 4 is 17.6 Å². The van der Waals surface area contributed by atoms with Gasteiger partial charge in [0.25, 0.3) is 5.91 Å². The van der Waals surface area contributed by atoms with Crippen molar-refractivity contribution < 1.29 is 18.7 Å². The third kappa shape index (κ3) is 4.67. The fourth-order valence-electron chi connectivity index (χ4n) is 3.00. The van der Waals surface area contributed by atoms with Gasteiger partial charge in [0.2, 0.25) is 0 Å². The summed E-state index contributed by atoms with van der Waals surface area (Å²) in [4.78, 5) is 24.9. The lowest BCUT2D eigenvalue weighted by atomic mass is 10.1. The van der Waals surface area contributed by atoms with Crippen molar-refractivity contribution in [2.45, 2.75) is 0 Å². The number of nitrogens with one attached hydrogen (secondary N) is 1. The number of nitrogens with zero attached hydrogens (tertiary/aromatic N) is 2. The number of aromatic nitrogens is 2. The van der Waals surface area contributed by atoms with Crippen molar-refractivity contribution in [1.82, 2.24) is 9.78 Å². The number of esters is 1. The van der Waals surface area contributed by atoms with Gasteiger partial charge in [0.15, 0.2) is 6.61 Å². The van der Waals surface area contributed by atoms with Crippen LogP contribution in [0.5, 0.6) is 0 Å². The van der Waals surface area contributed by atoms with Crippen molar-refractivity contribution in [2.24, 2.45) is 0 Å².